The van der Waals surface area contributed by atoms with Gasteiger partial charge in [-0.2, -0.15) is 0 Å². The van der Waals surface area contributed by atoms with Crippen LogP contribution in [0, 0.1) is 5.92 Å². The number of hydrogen-bond acceptors (Lipinski definition) is 3. The zero-order valence-electron chi connectivity index (χ0n) is 13.8. The molecule has 1 aromatic rings. The average Bonchev–Trinajstić information content (AvgIpc) is 3.19. The van der Waals surface area contributed by atoms with Crippen molar-refractivity contribution in [3.8, 4) is 0 Å². The lowest BCUT2D eigenvalue weighted by molar-refractivity contribution is -0.123. The van der Waals surface area contributed by atoms with E-state index in [1.807, 2.05) is 0 Å². The third kappa shape index (κ3) is 4.93. The number of amides is 1. The predicted octanol–water partition coefficient (Wildman–Crippen LogP) is 2.19. The van der Waals surface area contributed by atoms with Crippen LogP contribution >= 0.6 is 12.4 Å². The third-order valence-corrected chi connectivity index (χ3v) is 5.01. The molecule has 1 amide bonds. The molecule has 4 nitrogen and oxygen atoms in total. The summed E-state index contributed by atoms with van der Waals surface area (Å²) in [7, 11) is 0. The highest BCUT2D eigenvalue weighted by Crippen LogP contribution is 2.22. The summed E-state index contributed by atoms with van der Waals surface area (Å²) in [5.41, 5.74) is 1.37. The van der Waals surface area contributed by atoms with Crippen molar-refractivity contribution in [1.29, 1.82) is 0 Å². The monoisotopic (exact) mass is 337 g/mol. The Balaban J connectivity index is 0.00000192. The van der Waals surface area contributed by atoms with Gasteiger partial charge in [0, 0.05) is 19.1 Å². The Hall–Kier alpha value is -1.10. The number of benzene rings is 1. The van der Waals surface area contributed by atoms with Gasteiger partial charge in [0.25, 0.3) is 0 Å². The molecule has 2 fully saturated rings. The van der Waals surface area contributed by atoms with Gasteiger partial charge in [-0.05, 0) is 50.8 Å². The van der Waals surface area contributed by atoms with Crippen LogP contribution in [0.15, 0.2) is 30.3 Å². The maximum absolute atomic E-state index is 12.2. The summed E-state index contributed by atoms with van der Waals surface area (Å²) in [5.74, 6) is 0.751. The fraction of sp³-hybridized carbons (Fsp3) is 0.611. The second kappa shape index (κ2) is 8.67. The van der Waals surface area contributed by atoms with Crippen LogP contribution in [0.25, 0.3) is 0 Å². The molecule has 0 radical (unpaired) electrons. The van der Waals surface area contributed by atoms with Gasteiger partial charge in [0.2, 0.25) is 5.91 Å². The lowest BCUT2D eigenvalue weighted by Gasteiger charge is -2.23. The Kier molecular flexibility index (Phi) is 6.88. The molecule has 128 valence electrons. The van der Waals surface area contributed by atoms with Crippen LogP contribution in [-0.4, -0.2) is 42.5 Å². The molecular weight excluding hydrogens is 310 g/mol. The molecule has 0 spiro atoms. The Bertz CT molecular complexity index is 490. The molecule has 1 aromatic carbocycles. The van der Waals surface area contributed by atoms with E-state index >= 15 is 0 Å². The van der Waals surface area contributed by atoms with Gasteiger partial charge in [0.05, 0.1) is 6.04 Å². The van der Waals surface area contributed by atoms with E-state index in [0.717, 1.165) is 39.0 Å². The van der Waals surface area contributed by atoms with Crippen LogP contribution in [0.5, 0.6) is 0 Å². The van der Waals surface area contributed by atoms with E-state index < -0.39 is 0 Å². The third-order valence-electron chi connectivity index (χ3n) is 5.01. The summed E-state index contributed by atoms with van der Waals surface area (Å²) in [6.07, 6.45) is 3.26. The zero-order chi connectivity index (χ0) is 15.4. The van der Waals surface area contributed by atoms with Crippen LogP contribution in [0.3, 0.4) is 0 Å². The average molecular weight is 338 g/mol. The molecule has 2 aliphatic rings. The van der Waals surface area contributed by atoms with Gasteiger partial charge >= 0.3 is 0 Å². The highest BCUT2D eigenvalue weighted by atomic mass is 35.5. The van der Waals surface area contributed by atoms with Crippen molar-refractivity contribution in [2.75, 3.05) is 19.6 Å². The SMILES string of the molecule is CC(NC(=O)[C@@H]1CCCN1)C1CCN(Cc2ccccc2)C1.Cl. The van der Waals surface area contributed by atoms with Crippen LogP contribution < -0.4 is 10.6 Å². The topological polar surface area (TPSA) is 44.4 Å². The Labute approximate surface area is 145 Å². The second-order valence-corrected chi connectivity index (χ2v) is 6.72. The maximum atomic E-state index is 12.2. The first-order valence-corrected chi connectivity index (χ1v) is 8.52. The van der Waals surface area contributed by atoms with Crippen molar-refractivity contribution in [2.45, 2.75) is 44.8 Å². The van der Waals surface area contributed by atoms with E-state index in [0.29, 0.717) is 5.92 Å². The van der Waals surface area contributed by atoms with E-state index in [4.69, 9.17) is 0 Å². The van der Waals surface area contributed by atoms with Crippen molar-refractivity contribution in [3.63, 3.8) is 0 Å². The van der Waals surface area contributed by atoms with Gasteiger partial charge in [0.1, 0.15) is 0 Å². The Morgan fingerprint density at radius 1 is 1.35 bits per heavy atom. The minimum absolute atomic E-state index is 0. The summed E-state index contributed by atoms with van der Waals surface area (Å²) < 4.78 is 0. The first kappa shape index (κ1) is 18.2. The number of likely N-dealkylation sites (tertiary alicyclic amines) is 1. The highest BCUT2D eigenvalue weighted by molar-refractivity contribution is 5.85. The van der Waals surface area contributed by atoms with Crippen molar-refractivity contribution < 1.29 is 4.79 Å². The standard InChI is InChI=1S/C18H27N3O.ClH/c1-14(20-18(22)17-8-5-10-19-17)16-9-11-21(13-16)12-15-6-3-2-4-7-15;/h2-4,6-7,14,16-17,19H,5,8-13H2,1H3,(H,20,22);1H/t14?,16?,17-;/m0./s1. The molecule has 23 heavy (non-hydrogen) atoms. The van der Waals surface area contributed by atoms with Gasteiger partial charge in [-0.1, -0.05) is 30.3 Å². The van der Waals surface area contributed by atoms with Gasteiger partial charge in [-0.25, -0.2) is 0 Å². The van der Waals surface area contributed by atoms with E-state index in [2.05, 4.69) is 52.8 Å². The summed E-state index contributed by atoms with van der Waals surface area (Å²) >= 11 is 0. The normalized spacial score (nSPS) is 25.8. The van der Waals surface area contributed by atoms with Crippen LogP contribution in [-0.2, 0) is 11.3 Å². The molecule has 5 heteroatoms. The fourth-order valence-corrected chi connectivity index (χ4v) is 3.61. The molecular formula is C18H28ClN3O. The van der Waals surface area contributed by atoms with Crippen LogP contribution in [0.1, 0.15) is 31.7 Å². The largest absolute Gasteiger partial charge is 0.352 e. The lowest BCUT2D eigenvalue weighted by Crippen LogP contribution is -2.47. The van der Waals surface area contributed by atoms with E-state index in [1.165, 1.54) is 12.0 Å². The van der Waals surface area contributed by atoms with Crippen molar-refractivity contribution in [2.24, 2.45) is 5.92 Å². The van der Waals surface area contributed by atoms with Gasteiger partial charge in [-0.15, -0.1) is 12.4 Å². The van der Waals surface area contributed by atoms with E-state index in [9.17, 15) is 4.79 Å². The maximum Gasteiger partial charge on any atom is 0.237 e. The molecule has 0 bridgehead atoms. The number of carbonyl (C=O) groups is 1. The van der Waals surface area contributed by atoms with E-state index in [-0.39, 0.29) is 30.4 Å². The van der Waals surface area contributed by atoms with Crippen molar-refractivity contribution >= 4 is 18.3 Å². The molecule has 0 aliphatic carbocycles. The highest BCUT2D eigenvalue weighted by Gasteiger charge is 2.30. The number of carbonyl (C=O) groups excluding carboxylic acids is 1. The molecule has 2 saturated heterocycles. The van der Waals surface area contributed by atoms with Crippen molar-refractivity contribution in [1.82, 2.24) is 15.5 Å². The number of nitrogens with one attached hydrogen (secondary N) is 2. The van der Waals surface area contributed by atoms with Crippen molar-refractivity contribution in [3.05, 3.63) is 35.9 Å². The second-order valence-electron chi connectivity index (χ2n) is 6.72. The Morgan fingerprint density at radius 3 is 2.83 bits per heavy atom. The van der Waals surface area contributed by atoms with Gasteiger partial charge in [0.15, 0.2) is 0 Å². The molecule has 3 rings (SSSR count). The summed E-state index contributed by atoms with van der Waals surface area (Å²) in [4.78, 5) is 14.7. The molecule has 2 aliphatic heterocycles. The first-order chi connectivity index (χ1) is 10.7. The molecule has 0 saturated carbocycles. The summed E-state index contributed by atoms with van der Waals surface area (Å²) in [6.45, 7) is 6.35. The Morgan fingerprint density at radius 2 is 2.13 bits per heavy atom. The first-order valence-electron chi connectivity index (χ1n) is 8.52. The van der Waals surface area contributed by atoms with Crippen LogP contribution in [0.2, 0.25) is 0 Å². The van der Waals surface area contributed by atoms with Crippen LogP contribution in [0.4, 0.5) is 0 Å². The summed E-state index contributed by atoms with van der Waals surface area (Å²) in [5, 5.41) is 6.49. The minimum Gasteiger partial charge on any atom is -0.352 e. The van der Waals surface area contributed by atoms with Gasteiger partial charge < -0.3 is 10.6 Å². The molecule has 3 atom stereocenters. The summed E-state index contributed by atoms with van der Waals surface area (Å²) in [6, 6.07) is 10.9. The minimum atomic E-state index is 0. The molecule has 2 heterocycles. The fourth-order valence-electron chi connectivity index (χ4n) is 3.61. The zero-order valence-corrected chi connectivity index (χ0v) is 14.6. The molecule has 0 aromatic heterocycles. The number of hydrogen-bond donors (Lipinski definition) is 2. The number of rotatable bonds is 5. The quantitative estimate of drug-likeness (QED) is 0.865. The lowest BCUT2D eigenvalue weighted by atomic mass is 10.00. The predicted molar refractivity (Wildman–Crippen MR) is 95.7 cm³/mol. The number of halogens is 1. The van der Waals surface area contributed by atoms with Gasteiger partial charge in [-0.3, -0.25) is 9.69 Å². The molecule has 2 unspecified atom stereocenters. The smallest absolute Gasteiger partial charge is 0.237 e. The number of nitrogens with zero attached hydrogens (tertiary/aromatic N) is 1. The molecule has 2 N–H and O–H groups in total. The van der Waals surface area contributed by atoms with E-state index in [1.54, 1.807) is 0 Å².